The Morgan fingerprint density at radius 2 is 1.66 bits per heavy atom. The van der Waals surface area contributed by atoms with Crippen molar-refractivity contribution in [3.8, 4) is 22.4 Å². The third-order valence-electron chi connectivity index (χ3n) is 6.08. The van der Waals surface area contributed by atoms with Crippen molar-refractivity contribution in [3.05, 3.63) is 95.4 Å². The number of fused-ring (bicyclic) bond motifs is 1. The molecule has 1 aliphatic heterocycles. The first-order valence-corrected chi connectivity index (χ1v) is 10.6. The zero-order valence-corrected chi connectivity index (χ0v) is 18.4. The van der Waals surface area contributed by atoms with Crippen LogP contribution in [0.2, 0.25) is 0 Å². The lowest BCUT2D eigenvalue weighted by Gasteiger charge is -2.18. The zero-order valence-electron chi connectivity index (χ0n) is 18.4. The summed E-state index contributed by atoms with van der Waals surface area (Å²) in [7, 11) is 0. The lowest BCUT2D eigenvalue weighted by atomic mass is 9.96. The molecular weight excluding hydrogens is 459 g/mol. The lowest BCUT2D eigenvalue weighted by molar-refractivity contribution is -0.138. The first-order chi connectivity index (χ1) is 16.7. The number of aromatic nitrogens is 2. The lowest BCUT2D eigenvalue weighted by Crippen LogP contribution is -2.23. The fourth-order valence-corrected chi connectivity index (χ4v) is 4.50. The largest absolute Gasteiger partial charge is 0.464 e. The molecule has 0 fully saturated rings. The van der Waals surface area contributed by atoms with E-state index in [0.717, 1.165) is 10.6 Å². The van der Waals surface area contributed by atoms with Gasteiger partial charge in [0.1, 0.15) is 6.33 Å². The van der Waals surface area contributed by atoms with Crippen LogP contribution in [0.1, 0.15) is 27.2 Å². The van der Waals surface area contributed by atoms with E-state index in [1.807, 2.05) is 6.07 Å². The van der Waals surface area contributed by atoms with Gasteiger partial charge in [0.2, 0.25) is 0 Å². The van der Waals surface area contributed by atoms with Crippen molar-refractivity contribution in [2.75, 3.05) is 4.90 Å². The van der Waals surface area contributed by atoms with Crippen molar-refractivity contribution in [1.82, 2.24) is 9.55 Å². The van der Waals surface area contributed by atoms with Crippen LogP contribution in [0.15, 0.2) is 73.1 Å². The third-order valence-corrected chi connectivity index (χ3v) is 6.08. The minimum Gasteiger partial charge on any atom is -0.464 e. The Morgan fingerprint density at radius 1 is 0.971 bits per heavy atom. The Balaban J connectivity index is 1.58. The number of imidazole rings is 1. The highest BCUT2D eigenvalue weighted by Gasteiger charge is 2.39. The Kier molecular flexibility index (Phi) is 5.20. The summed E-state index contributed by atoms with van der Waals surface area (Å²) < 4.78 is 41.6. The summed E-state index contributed by atoms with van der Waals surface area (Å²) in [6.07, 6.45) is -4.50. The topological polar surface area (TPSA) is 75.4 Å². The average molecular weight is 477 g/mol. The van der Waals surface area contributed by atoms with Crippen LogP contribution in [0.25, 0.3) is 22.4 Å². The molecule has 0 saturated carbocycles. The van der Waals surface area contributed by atoms with Gasteiger partial charge >= 0.3 is 12.3 Å². The zero-order chi connectivity index (χ0) is 24.9. The number of amides is 1. The van der Waals surface area contributed by atoms with Crippen molar-refractivity contribution in [2.24, 2.45) is 0 Å². The molecule has 5 rings (SSSR count). The maximum Gasteiger partial charge on any atom is 0.417 e. The van der Waals surface area contributed by atoms with Crippen molar-refractivity contribution in [3.63, 3.8) is 0 Å². The summed E-state index contributed by atoms with van der Waals surface area (Å²) in [5.41, 5.74) is 2.55. The molecule has 0 radical (unpaired) electrons. The molecule has 1 N–H and O–H groups in total. The minimum atomic E-state index is -4.56. The van der Waals surface area contributed by atoms with Crippen LogP contribution in [-0.2, 0) is 12.7 Å². The number of halogens is 3. The second-order valence-electron chi connectivity index (χ2n) is 8.15. The number of hydrogen-bond acceptors (Lipinski definition) is 3. The molecule has 35 heavy (non-hydrogen) atoms. The van der Waals surface area contributed by atoms with E-state index in [9.17, 15) is 27.9 Å². The second-order valence-corrected chi connectivity index (χ2v) is 8.15. The molecule has 0 spiro atoms. The highest BCUT2D eigenvalue weighted by molar-refractivity contribution is 6.10. The van der Waals surface area contributed by atoms with Gasteiger partial charge in [-0.2, -0.15) is 13.2 Å². The summed E-state index contributed by atoms with van der Waals surface area (Å²) in [4.78, 5) is 30.2. The molecule has 1 aliphatic rings. The molecule has 1 amide bonds. The van der Waals surface area contributed by atoms with Gasteiger partial charge in [0, 0.05) is 16.8 Å². The van der Waals surface area contributed by atoms with Gasteiger partial charge in [-0.1, -0.05) is 42.5 Å². The van der Waals surface area contributed by atoms with Crippen LogP contribution >= 0.6 is 0 Å². The van der Waals surface area contributed by atoms with Crippen LogP contribution in [0.3, 0.4) is 0 Å². The van der Waals surface area contributed by atoms with Crippen molar-refractivity contribution in [1.29, 1.82) is 0 Å². The van der Waals surface area contributed by atoms with Gasteiger partial charge in [-0.15, -0.1) is 0 Å². The fourth-order valence-electron chi connectivity index (χ4n) is 4.50. The summed E-state index contributed by atoms with van der Waals surface area (Å²) in [5, 5.41) is 9.58. The predicted octanol–water partition coefficient (Wildman–Crippen LogP) is 6.23. The number of carboxylic acid groups (broad SMARTS) is 1. The maximum atomic E-state index is 13.5. The molecule has 0 saturated heterocycles. The number of anilines is 1. The van der Waals surface area contributed by atoms with E-state index >= 15 is 0 Å². The number of alkyl halides is 3. The van der Waals surface area contributed by atoms with Gasteiger partial charge in [0.05, 0.1) is 23.5 Å². The monoisotopic (exact) mass is 477 g/mol. The molecular formula is C26H18F3N3O3. The van der Waals surface area contributed by atoms with Crippen LogP contribution in [0, 0.1) is 6.92 Å². The minimum absolute atomic E-state index is 0.0339. The first kappa shape index (κ1) is 22.4. The van der Waals surface area contributed by atoms with Gasteiger partial charge in [0.15, 0.2) is 0 Å². The first-order valence-electron chi connectivity index (χ1n) is 10.6. The van der Waals surface area contributed by atoms with Gasteiger partial charge in [-0.05, 0) is 47.9 Å². The standard InChI is InChI=1S/C26H18F3N3O3/c1-15-23(32(14-30-15)25(34)35)19-9-3-2-8-18(19)16-6-4-7-17(12-16)31-13-21-20(24(31)33)10-5-11-22(21)26(27,28)29/h2-12,14H,13H2,1H3,(H,34,35). The van der Waals surface area contributed by atoms with Gasteiger partial charge in [-0.25, -0.2) is 14.3 Å². The second kappa shape index (κ2) is 8.12. The molecule has 9 heteroatoms. The SMILES string of the molecule is Cc1ncn(C(=O)O)c1-c1ccccc1-c1cccc(N2Cc3c(cccc3C(F)(F)F)C2=O)c1. The molecule has 0 unspecified atom stereocenters. The quantitative estimate of drug-likeness (QED) is 0.380. The Labute approximate surface area is 197 Å². The number of benzene rings is 3. The van der Waals surface area contributed by atoms with Gasteiger partial charge in [-0.3, -0.25) is 4.79 Å². The summed E-state index contributed by atoms with van der Waals surface area (Å²) >= 11 is 0. The highest BCUT2D eigenvalue weighted by Crippen LogP contribution is 2.40. The van der Waals surface area contributed by atoms with Crippen LogP contribution in [-0.4, -0.2) is 26.7 Å². The van der Waals surface area contributed by atoms with Gasteiger partial charge < -0.3 is 10.0 Å². The number of aryl methyl sites for hydroxylation is 1. The van der Waals surface area contributed by atoms with Crippen molar-refractivity contribution in [2.45, 2.75) is 19.6 Å². The molecule has 0 aliphatic carbocycles. The van der Waals surface area contributed by atoms with E-state index in [1.54, 1.807) is 49.4 Å². The molecule has 4 aromatic rings. The number of carbonyl (C=O) groups excluding carboxylic acids is 1. The van der Waals surface area contributed by atoms with Gasteiger partial charge in [0.25, 0.3) is 5.91 Å². The van der Waals surface area contributed by atoms with E-state index in [-0.39, 0.29) is 17.7 Å². The average Bonchev–Trinajstić information content (AvgIpc) is 3.38. The summed E-state index contributed by atoms with van der Waals surface area (Å²) in [6, 6.07) is 17.7. The predicted molar refractivity (Wildman–Crippen MR) is 123 cm³/mol. The molecule has 2 heterocycles. The number of rotatable bonds is 3. The van der Waals surface area contributed by atoms with Crippen LogP contribution in [0.5, 0.6) is 0 Å². The summed E-state index contributed by atoms with van der Waals surface area (Å²) in [6.45, 7) is 1.51. The Hall–Kier alpha value is -4.40. The molecule has 6 nitrogen and oxygen atoms in total. The molecule has 0 atom stereocenters. The third kappa shape index (κ3) is 3.74. The maximum absolute atomic E-state index is 13.5. The van der Waals surface area contributed by atoms with E-state index in [2.05, 4.69) is 4.98 Å². The smallest absolute Gasteiger partial charge is 0.417 e. The summed E-state index contributed by atoms with van der Waals surface area (Å²) in [5.74, 6) is -0.503. The van der Waals surface area contributed by atoms with Crippen LogP contribution in [0.4, 0.5) is 23.7 Å². The van der Waals surface area contributed by atoms with Crippen molar-refractivity contribution >= 4 is 17.7 Å². The highest BCUT2D eigenvalue weighted by atomic mass is 19.4. The molecule has 0 bridgehead atoms. The van der Waals surface area contributed by atoms with E-state index in [0.29, 0.717) is 33.8 Å². The van der Waals surface area contributed by atoms with E-state index in [1.165, 1.54) is 23.4 Å². The van der Waals surface area contributed by atoms with Crippen LogP contribution < -0.4 is 4.90 Å². The molecule has 176 valence electrons. The van der Waals surface area contributed by atoms with E-state index in [4.69, 9.17) is 0 Å². The van der Waals surface area contributed by atoms with Crippen molar-refractivity contribution < 1.29 is 27.9 Å². The Bertz CT molecular complexity index is 1490. The number of hydrogen-bond donors (Lipinski definition) is 1. The normalized spacial score (nSPS) is 13.3. The number of carbonyl (C=O) groups is 2. The fraction of sp³-hybridized carbons (Fsp3) is 0.115. The number of nitrogens with zero attached hydrogens (tertiary/aromatic N) is 3. The molecule has 1 aromatic heterocycles. The Morgan fingerprint density at radius 3 is 2.37 bits per heavy atom. The van der Waals surface area contributed by atoms with E-state index < -0.39 is 23.7 Å². The molecule has 3 aromatic carbocycles.